The van der Waals surface area contributed by atoms with Gasteiger partial charge in [-0.3, -0.25) is 4.79 Å². The molecule has 1 aromatic heterocycles. The Morgan fingerprint density at radius 2 is 2.21 bits per heavy atom. The molecule has 1 heterocycles. The standard InChI is InChI=1S/C16H26N2O/c1-4-12-6-5-7-13(9-12)16-17-14(8-11(2)3)10-15(19)18-16/h10-13H,4-9H2,1-3H3,(H,17,18,19). The summed E-state index contributed by atoms with van der Waals surface area (Å²) in [5, 5.41) is 0. The third-order valence-corrected chi connectivity index (χ3v) is 4.18. The van der Waals surface area contributed by atoms with Gasteiger partial charge in [-0.1, -0.05) is 40.0 Å². The summed E-state index contributed by atoms with van der Waals surface area (Å²) >= 11 is 0. The van der Waals surface area contributed by atoms with Gasteiger partial charge >= 0.3 is 0 Å². The third kappa shape index (κ3) is 3.92. The number of nitrogens with one attached hydrogen (secondary N) is 1. The number of aromatic amines is 1. The zero-order valence-electron chi connectivity index (χ0n) is 12.4. The molecule has 0 bridgehead atoms. The van der Waals surface area contributed by atoms with Gasteiger partial charge in [-0.15, -0.1) is 0 Å². The highest BCUT2D eigenvalue weighted by molar-refractivity contribution is 5.07. The van der Waals surface area contributed by atoms with Crippen LogP contribution in [0.3, 0.4) is 0 Å². The van der Waals surface area contributed by atoms with E-state index in [1.165, 1.54) is 32.1 Å². The molecule has 1 saturated carbocycles. The van der Waals surface area contributed by atoms with Crippen molar-refractivity contribution in [1.29, 1.82) is 0 Å². The van der Waals surface area contributed by atoms with Crippen molar-refractivity contribution in [1.82, 2.24) is 9.97 Å². The molecule has 1 aliphatic rings. The van der Waals surface area contributed by atoms with Gasteiger partial charge in [0.1, 0.15) is 5.82 Å². The first kappa shape index (κ1) is 14.3. The summed E-state index contributed by atoms with van der Waals surface area (Å²) in [4.78, 5) is 19.5. The summed E-state index contributed by atoms with van der Waals surface area (Å²) in [5.41, 5.74) is 0.964. The van der Waals surface area contributed by atoms with Crippen molar-refractivity contribution < 1.29 is 0 Å². The molecule has 19 heavy (non-hydrogen) atoms. The topological polar surface area (TPSA) is 45.8 Å². The number of rotatable bonds is 4. The smallest absolute Gasteiger partial charge is 0.251 e. The van der Waals surface area contributed by atoms with E-state index in [1.54, 1.807) is 6.07 Å². The number of hydrogen-bond donors (Lipinski definition) is 1. The first-order valence-electron chi connectivity index (χ1n) is 7.68. The van der Waals surface area contributed by atoms with Crippen LogP contribution in [0.5, 0.6) is 0 Å². The van der Waals surface area contributed by atoms with Crippen LogP contribution in [-0.4, -0.2) is 9.97 Å². The SMILES string of the molecule is CCC1CCCC(c2nc(CC(C)C)cc(=O)[nH]2)C1. The van der Waals surface area contributed by atoms with Crippen LogP contribution < -0.4 is 5.56 Å². The second-order valence-corrected chi connectivity index (χ2v) is 6.36. The summed E-state index contributed by atoms with van der Waals surface area (Å²) in [5.74, 6) is 2.73. The summed E-state index contributed by atoms with van der Waals surface area (Å²) < 4.78 is 0. The lowest BCUT2D eigenvalue weighted by molar-refractivity contribution is 0.306. The second-order valence-electron chi connectivity index (χ2n) is 6.36. The molecule has 0 spiro atoms. The Morgan fingerprint density at radius 3 is 2.89 bits per heavy atom. The van der Waals surface area contributed by atoms with Crippen molar-refractivity contribution in [2.45, 2.75) is 65.2 Å². The van der Waals surface area contributed by atoms with Gasteiger partial charge in [0.15, 0.2) is 0 Å². The molecule has 2 rings (SSSR count). The Morgan fingerprint density at radius 1 is 1.42 bits per heavy atom. The minimum atomic E-state index is 0.0132. The molecule has 1 fully saturated rings. The van der Waals surface area contributed by atoms with Crippen LogP contribution in [0.25, 0.3) is 0 Å². The number of hydrogen-bond acceptors (Lipinski definition) is 2. The van der Waals surface area contributed by atoms with E-state index in [0.29, 0.717) is 11.8 Å². The lowest BCUT2D eigenvalue weighted by atomic mass is 9.80. The molecule has 106 valence electrons. The predicted molar refractivity (Wildman–Crippen MR) is 78.4 cm³/mol. The molecule has 1 aliphatic carbocycles. The zero-order valence-corrected chi connectivity index (χ0v) is 12.4. The highest BCUT2D eigenvalue weighted by Crippen LogP contribution is 2.35. The summed E-state index contributed by atoms with van der Waals surface area (Å²) in [6, 6.07) is 1.66. The largest absolute Gasteiger partial charge is 0.310 e. The van der Waals surface area contributed by atoms with Crippen molar-refractivity contribution in [2.24, 2.45) is 11.8 Å². The van der Waals surface area contributed by atoms with Crippen molar-refractivity contribution in [2.75, 3.05) is 0 Å². The van der Waals surface area contributed by atoms with Gasteiger partial charge in [0.05, 0.1) is 0 Å². The molecule has 1 aromatic rings. The van der Waals surface area contributed by atoms with Crippen molar-refractivity contribution in [3.63, 3.8) is 0 Å². The fraction of sp³-hybridized carbons (Fsp3) is 0.750. The van der Waals surface area contributed by atoms with Crippen LogP contribution in [0, 0.1) is 11.8 Å². The van der Waals surface area contributed by atoms with E-state index in [-0.39, 0.29) is 5.56 Å². The fourth-order valence-electron chi connectivity index (χ4n) is 3.15. The van der Waals surface area contributed by atoms with E-state index in [0.717, 1.165) is 23.9 Å². The van der Waals surface area contributed by atoms with E-state index in [1.807, 2.05) is 0 Å². The molecule has 0 amide bonds. The third-order valence-electron chi connectivity index (χ3n) is 4.18. The average molecular weight is 262 g/mol. The Labute approximate surface area is 115 Å². The summed E-state index contributed by atoms with van der Waals surface area (Å²) in [7, 11) is 0. The number of nitrogens with zero attached hydrogens (tertiary/aromatic N) is 1. The molecular formula is C16H26N2O. The first-order valence-corrected chi connectivity index (χ1v) is 7.68. The Bertz CT molecular complexity index is 464. The molecule has 2 unspecified atom stereocenters. The average Bonchev–Trinajstić information content (AvgIpc) is 2.37. The van der Waals surface area contributed by atoms with Crippen LogP contribution >= 0.6 is 0 Å². The molecule has 0 aliphatic heterocycles. The fourth-order valence-corrected chi connectivity index (χ4v) is 3.15. The molecule has 1 N–H and O–H groups in total. The molecule has 3 nitrogen and oxygen atoms in total. The lowest BCUT2D eigenvalue weighted by Gasteiger charge is -2.27. The van der Waals surface area contributed by atoms with Gasteiger partial charge in [0, 0.05) is 17.7 Å². The van der Waals surface area contributed by atoms with Crippen molar-refractivity contribution >= 4 is 0 Å². The van der Waals surface area contributed by atoms with Crippen molar-refractivity contribution in [3.8, 4) is 0 Å². The monoisotopic (exact) mass is 262 g/mol. The minimum Gasteiger partial charge on any atom is -0.310 e. The van der Waals surface area contributed by atoms with Crippen LogP contribution in [0.2, 0.25) is 0 Å². The maximum absolute atomic E-state index is 11.8. The van der Waals surface area contributed by atoms with Crippen LogP contribution in [0.1, 0.15) is 70.3 Å². The van der Waals surface area contributed by atoms with E-state index in [4.69, 9.17) is 4.98 Å². The quantitative estimate of drug-likeness (QED) is 0.900. The molecule has 2 atom stereocenters. The Kier molecular flexibility index (Phi) is 4.78. The molecule has 0 radical (unpaired) electrons. The van der Waals surface area contributed by atoms with Crippen LogP contribution in [0.15, 0.2) is 10.9 Å². The predicted octanol–water partition coefficient (Wildman–Crippen LogP) is 3.65. The molecular weight excluding hydrogens is 236 g/mol. The number of H-pyrrole nitrogens is 1. The highest BCUT2D eigenvalue weighted by Gasteiger charge is 2.24. The zero-order chi connectivity index (χ0) is 13.8. The Hall–Kier alpha value is -1.12. The number of aromatic nitrogens is 2. The van der Waals surface area contributed by atoms with Gasteiger partial charge in [-0.25, -0.2) is 4.98 Å². The van der Waals surface area contributed by atoms with Gasteiger partial charge in [-0.2, -0.15) is 0 Å². The van der Waals surface area contributed by atoms with E-state index in [2.05, 4.69) is 25.8 Å². The summed E-state index contributed by atoms with van der Waals surface area (Å²) in [6.45, 7) is 6.59. The second kappa shape index (κ2) is 6.36. The first-order chi connectivity index (χ1) is 9.08. The van der Waals surface area contributed by atoms with Gasteiger partial charge < -0.3 is 4.98 Å². The van der Waals surface area contributed by atoms with E-state index >= 15 is 0 Å². The molecule has 3 heteroatoms. The maximum Gasteiger partial charge on any atom is 0.251 e. The van der Waals surface area contributed by atoms with E-state index in [9.17, 15) is 4.79 Å². The van der Waals surface area contributed by atoms with Crippen molar-refractivity contribution in [3.05, 3.63) is 27.9 Å². The maximum atomic E-state index is 11.8. The van der Waals surface area contributed by atoms with E-state index < -0.39 is 0 Å². The van der Waals surface area contributed by atoms with Gasteiger partial charge in [0.2, 0.25) is 0 Å². The Balaban J connectivity index is 2.19. The lowest BCUT2D eigenvalue weighted by Crippen LogP contribution is -2.21. The van der Waals surface area contributed by atoms with Crippen LogP contribution in [-0.2, 0) is 6.42 Å². The molecule has 0 aromatic carbocycles. The summed E-state index contributed by atoms with van der Waals surface area (Å²) in [6.07, 6.45) is 7.09. The molecule has 0 saturated heterocycles. The normalized spacial score (nSPS) is 23.8. The minimum absolute atomic E-state index is 0.0132. The highest BCUT2D eigenvalue weighted by atomic mass is 16.1. The van der Waals surface area contributed by atoms with Gasteiger partial charge in [0.25, 0.3) is 5.56 Å². The van der Waals surface area contributed by atoms with Crippen LogP contribution in [0.4, 0.5) is 0 Å². The van der Waals surface area contributed by atoms with Gasteiger partial charge in [-0.05, 0) is 31.1 Å².